The minimum absolute atomic E-state index is 0.0450. The fourth-order valence-electron chi connectivity index (χ4n) is 7.92. The molecule has 2 aliphatic carbocycles. The topological polar surface area (TPSA) is 137 Å². The number of carbonyl (C=O) groups excluding carboxylic acids is 3. The van der Waals surface area contributed by atoms with Crippen LogP contribution < -0.4 is 5.32 Å². The smallest absolute Gasteiger partial charge is 0.337 e. The Morgan fingerprint density at radius 1 is 1.12 bits per heavy atom. The van der Waals surface area contributed by atoms with E-state index in [2.05, 4.69) is 59.6 Å². The van der Waals surface area contributed by atoms with E-state index in [1.54, 1.807) is 24.3 Å². The van der Waals surface area contributed by atoms with Crippen LogP contribution in [0, 0.1) is 22.7 Å². The van der Waals surface area contributed by atoms with E-state index in [1.807, 2.05) is 0 Å². The van der Waals surface area contributed by atoms with Gasteiger partial charge in [-0.25, -0.2) is 9.59 Å². The molecule has 0 aromatic heterocycles. The van der Waals surface area contributed by atoms with Crippen molar-refractivity contribution in [2.75, 3.05) is 18.5 Å². The summed E-state index contributed by atoms with van der Waals surface area (Å²) in [6.07, 6.45) is 2.80. The maximum absolute atomic E-state index is 13.0. The summed E-state index contributed by atoms with van der Waals surface area (Å²) >= 11 is 0. The third-order valence-corrected chi connectivity index (χ3v) is 16.1. The van der Waals surface area contributed by atoms with E-state index in [-0.39, 0.29) is 35.0 Å². The lowest BCUT2D eigenvalue weighted by molar-refractivity contribution is -0.193. The number of para-hydroxylation sites is 1. The largest absolute Gasteiger partial charge is 0.478 e. The Morgan fingerprint density at radius 3 is 2.33 bits per heavy atom. The van der Waals surface area contributed by atoms with Gasteiger partial charge in [-0.15, -0.1) is 0 Å². The van der Waals surface area contributed by atoms with Crippen LogP contribution in [-0.4, -0.2) is 68.8 Å². The number of benzene rings is 1. The number of hydrogen-bond acceptors (Lipinski definition) is 9. The molecule has 2 N–H and O–H groups in total. The zero-order valence-electron chi connectivity index (χ0n) is 29.9. The predicted octanol–water partition coefficient (Wildman–Crippen LogP) is 6.92. The maximum atomic E-state index is 13.0. The van der Waals surface area contributed by atoms with Gasteiger partial charge < -0.3 is 29.1 Å². The molecule has 0 unspecified atom stereocenters. The van der Waals surface area contributed by atoms with Crippen molar-refractivity contribution in [2.24, 2.45) is 22.7 Å². The van der Waals surface area contributed by atoms with Crippen LogP contribution in [0.5, 0.6) is 0 Å². The SMILES string of the molecule is C=C1[C@@H](OC(C)=O)C[C@@H]2[C@](C)(CO[Si](C)(C)C(C)(C)C)[C@H](OC(C)=O)CC[C@@]2(C)[C@@H]1C[C@@H](Nc1ccccc1C(=O)O)C1=CCOC1=O. The number of rotatable bonds is 11. The lowest BCUT2D eigenvalue weighted by Crippen LogP contribution is -2.62. The summed E-state index contributed by atoms with van der Waals surface area (Å²) in [5.74, 6) is -2.76. The van der Waals surface area contributed by atoms with Crippen molar-refractivity contribution in [3.8, 4) is 0 Å². The van der Waals surface area contributed by atoms with Gasteiger partial charge in [-0.3, -0.25) is 9.59 Å². The van der Waals surface area contributed by atoms with Crippen LogP contribution in [0.1, 0.15) is 84.5 Å². The van der Waals surface area contributed by atoms with Gasteiger partial charge in [0.25, 0.3) is 0 Å². The molecule has 3 aliphatic rings. The van der Waals surface area contributed by atoms with Crippen molar-refractivity contribution in [2.45, 2.75) is 111 Å². The molecule has 7 atom stereocenters. The number of anilines is 1. The molecule has 1 heterocycles. The number of fused-ring (bicyclic) bond motifs is 1. The second kappa shape index (κ2) is 13.8. The van der Waals surface area contributed by atoms with Crippen LogP contribution in [0.2, 0.25) is 18.1 Å². The third-order valence-electron chi connectivity index (χ3n) is 11.6. The molecule has 10 nitrogen and oxygen atoms in total. The van der Waals surface area contributed by atoms with Gasteiger partial charge in [-0.2, -0.15) is 0 Å². The van der Waals surface area contributed by atoms with E-state index in [4.69, 9.17) is 18.6 Å². The second-order valence-corrected chi connectivity index (χ2v) is 20.6. The highest BCUT2D eigenvalue weighted by Crippen LogP contribution is 2.63. The van der Waals surface area contributed by atoms with Crippen molar-refractivity contribution >= 4 is 37.9 Å². The van der Waals surface area contributed by atoms with Crippen LogP contribution in [0.15, 0.2) is 48.1 Å². The summed E-state index contributed by atoms with van der Waals surface area (Å²) in [5.41, 5.74) is 0.530. The van der Waals surface area contributed by atoms with Crippen molar-refractivity contribution in [1.29, 1.82) is 0 Å². The van der Waals surface area contributed by atoms with Crippen molar-refractivity contribution in [3.05, 3.63) is 53.6 Å². The Hall–Kier alpha value is -3.44. The minimum Gasteiger partial charge on any atom is -0.478 e. The summed E-state index contributed by atoms with van der Waals surface area (Å²) in [5, 5.41) is 13.2. The number of aromatic carboxylic acids is 1. The molecule has 0 saturated heterocycles. The highest BCUT2D eigenvalue weighted by atomic mass is 28.4. The number of ether oxygens (including phenoxy) is 3. The van der Waals surface area contributed by atoms with Gasteiger partial charge in [0, 0.05) is 31.6 Å². The molecular formula is C37H53NO9Si. The molecule has 0 radical (unpaired) electrons. The number of cyclic esters (lactones) is 1. The average molecular weight is 684 g/mol. The monoisotopic (exact) mass is 683 g/mol. The lowest BCUT2D eigenvalue weighted by atomic mass is 9.45. The van der Waals surface area contributed by atoms with E-state index < -0.39 is 55.3 Å². The molecule has 264 valence electrons. The van der Waals surface area contributed by atoms with Crippen LogP contribution in [0.4, 0.5) is 5.69 Å². The summed E-state index contributed by atoms with van der Waals surface area (Å²) in [6, 6.07) is 5.96. The molecule has 48 heavy (non-hydrogen) atoms. The number of carboxylic acid groups (broad SMARTS) is 1. The molecule has 1 aromatic rings. The molecule has 0 amide bonds. The van der Waals surface area contributed by atoms with Gasteiger partial charge in [0.05, 0.1) is 17.2 Å². The molecule has 0 spiro atoms. The van der Waals surface area contributed by atoms with E-state index in [0.717, 1.165) is 5.57 Å². The van der Waals surface area contributed by atoms with E-state index in [9.17, 15) is 24.3 Å². The van der Waals surface area contributed by atoms with Crippen LogP contribution in [0.25, 0.3) is 0 Å². The van der Waals surface area contributed by atoms with Gasteiger partial charge in [-0.05, 0) is 84.8 Å². The molecule has 2 saturated carbocycles. The van der Waals surface area contributed by atoms with E-state index in [1.165, 1.54) is 19.9 Å². The Balaban J connectivity index is 1.82. The fourth-order valence-corrected chi connectivity index (χ4v) is 9.02. The lowest BCUT2D eigenvalue weighted by Gasteiger charge is -2.62. The molecule has 1 aliphatic heterocycles. The average Bonchev–Trinajstić information content (AvgIpc) is 3.41. The fraction of sp³-hybridized carbons (Fsp3) is 0.622. The van der Waals surface area contributed by atoms with Gasteiger partial charge in [0.1, 0.15) is 18.8 Å². The maximum Gasteiger partial charge on any atom is 0.337 e. The number of carboxylic acids is 1. The van der Waals surface area contributed by atoms with Gasteiger partial charge in [-0.1, -0.05) is 53.3 Å². The normalized spacial score (nSPS) is 29.6. The first kappa shape index (κ1) is 37.4. The highest BCUT2D eigenvalue weighted by Gasteiger charge is 2.62. The van der Waals surface area contributed by atoms with Crippen molar-refractivity contribution in [3.63, 3.8) is 0 Å². The first-order chi connectivity index (χ1) is 22.2. The number of carbonyl (C=O) groups is 4. The van der Waals surface area contributed by atoms with Crippen LogP contribution in [0.3, 0.4) is 0 Å². The zero-order chi connectivity index (χ0) is 35.8. The predicted molar refractivity (Wildman–Crippen MR) is 185 cm³/mol. The standard InChI is InChI=1S/C37H53NO9Si/c1-22-27(19-29(26-16-18-44-34(26)43)38-28-14-12-11-13-25(28)33(41)42)36(7)17-15-32(47-24(3)40)37(8,21-45-48(9,10)35(4,5)6)31(36)20-30(22)46-23(2)39/h11-14,16,27,29-32,38H,1,15,17-21H2,2-10H3,(H,41,42)/t27-,29-,30+,31+,32-,36+,37+/m1/s1. The molecule has 0 bridgehead atoms. The van der Waals surface area contributed by atoms with Crippen molar-refractivity contribution in [1.82, 2.24) is 0 Å². The molecule has 2 fully saturated rings. The minimum atomic E-state index is -2.23. The number of nitrogens with one attached hydrogen (secondary N) is 1. The summed E-state index contributed by atoms with van der Waals surface area (Å²) in [4.78, 5) is 50.1. The Labute approximate surface area is 285 Å². The van der Waals surface area contributed by atoms with Crippen LogP contribution in [-0.2, 0) is 33.0 Å². The summed E-state index contributed by atoms with van der Waals surface area (Å²) in [7, 11) is -2.23. The highest BCUT2D eigenvalue weighted by molar-refractivity contribution is 6.74. The molecule has 4 rings (SSSR count). The second-order valence-electron chi connectivity index (χ2n) is 15.8. The van der Waals surface area contributed by atoms with Gasteiger partial charge in [0.15, 0.2) is 8.32 Å². The van der Waals surface area contributed by atoms with Crippen molar-refractivity contribution < 1.29 is 42.9 Å². The van der Waals surface area contributed by atoms with E-state index >= 15 is 0 Å². The Bertz CT molecular complexity index is 1480. The molecule has 1 aromatic carbocycles. The molecule has 11 heteroatoms. The number of esters is 3. The van der Waals surface area contributed by atoms with Gasteiger partial charge in [0.2, 0.25) is 0 Å². The zero-order valence-corrected chi connectivity index (χ0v) is 30.9. The molecular weight excluding hydrogens is 630 g/mol. The summed E-state index contributed by atoms with van der Waals surface area (Å²) < 4.78 is 24.2. The quantitative estimate of drug-likeness (QED) is 0.109. The van der Waals surface area contributed by atoms with E-state index in [0.29, 0.717) is 43.6 Å². The third kappa shape index (κ3) is 7.42. The summed E-state index contributed by atoms with van der Waals surface area (Å²) in [6.45, 7) is 23.1. The Kier molecular flexibility index (Phi) is 10.8. The first-order valence-electron chi connectivity index (χ1n) is 16.8. The number of hydrogen-bond donors (Lipinski definition) is 2. The Morgan fingerprint density at radius 2 is 1.77 bits per heavy atom. The van der Waals surface area contributed by atoms with Crippen LogP contribution >= 0.6 is 0 Å². The first-order valence-corrected chi connectivity index (χ1v) is 19.7. The van der Waals surface area contributed by atoms with Gasteiger partial charge >= 0.3 is 23.9 Å².